The maximum atomic E-state index is 15.3. The number of carbonyl (C=O) groups is 11. The van der Waals surface area contributed by atoms with E-state index < -0.39 is 162 Å². The molecule has 13 atom stereocenters. The van der Waals surface area contributed by atoms with E-state index in [1.165, 1.54) is 70.8 Å². The molecular formula is C69H119N11O14. The van der Waals surface area contributed by atoms with Crippen molar-refractivity contribution in [2.45, 2.75) is 235 Å². The third-order valence-electron chi connectivity index (χ3n) is 17.3. The molecule has 1 aliphatic heterocycles. The van der Waals surface area contributed by atoms with E-state index >= 15 is 14.4 Å². The highest BCUT2D eigenvalue weighted by Gasteiger charge is 2.46. The number of aliphatic hydroxyl groups excluding tert-OH is 2. The smallest absolute Gasteiger partial charge is 0.329 e. The number of amides is 10. The minimum absolute atomic E-state index is 0.0738. The maximum Gasteiger partial charge on any atom is 0.329 e. The van der Waals surface area contributed by atoms with Crippen LogP contribution in [0, 0.1) is 47.3 Å². The van der Waals surface area contributed by atoms with Gasteiger partial charge in [0.05, 0.1) is 18.8 Å². The van der Waals surface area contributed by atoms with Crippen molar-refractivity contribution < 1.29 is 67.7 Å². The fraction of sp³-hybridized carbons (Fsp3) is 0.754. The monoisotopic (exact) mass is 1330 g/mol. The molecule has 2 unspecified atom stereocenters. The molecule has 10 amide bonds. The highest BCUT2D eigenvalue weighted by atomic mass is 16.6. The molecule has 7 N–H and O–H groups in total. The second-order valence-corrected chi connectivity index (χ2v) is 28.9. The lowest BCUT2D eigenvalue weighted by Gasteiger charge is -2.40. The van der Waals surface area contributed by atoms with Gasteiger partial charge in [-0.3, -0.25) is 47.9 Å². The molecule has 1 heterocycles. The summed E-state index contributed by atoms with van der Waals surface area (Å²) in [5, 5.41) is 38.1. The van der Waals surface area contributed by atoms with Crippen LogP contribution in [-0.2, 0) is 64.0 Å². The molecule has 2 rings (SSSR count). The highest BCUT2D eigenvalue weighted by Crippen LogP contribution is 2.25. The van der Waals surface area contributed by atoms with Crippen LogP contribution in [0.25, 0.3) is 0 Å². The van der Waals surface area contributed by atoms with Crippen LogP contribution in [0.5, 0.6) is 0 Å². The van der Waals surface area contributed by atoms with Crippen LogP contribution in [0.2, 0.25) is 0 Å². The largest absolute Gasteiger partial charge is 0.450 e. The Morgan fingerprint density at radius 2 is 0.915 bits per heavy atom. The molecule has 94 heavy (non-hydrogen) atoms. The Bertz CT molecular complexity index is 2670. The van der Waals surface area contributed by atoms with Crippen LogP contribution in [0.3, 0.4) is 0 Å². The normalized spacial score (nSPS) is 25.6. The zero-order valence-electron chi connectivity index (χ0n) is 60.8. The lowest BCUT2D eigenvalue weighted by atomic mass is 9.91. The first-order chi connectivity index (χ1) is 43.6. The number of hydrogen-bond acceptors (Lipinski definition) is 15. The zero-order chi connectivity index (χ0) is 72.1. The molecule has 0 spiro atoms. The van der Waals surface area contributed by atoms with E-state index in [0.717, 1.165) is 20.3 Å². The van der Waals surface area contributed by atoms with E-state index in [4.69, 9.17) is 4.74 Å². The fourth-order valence-electron chi connectivity index (χ4n) is 11.7. The van der Waals surface area contributed by atoms with Crippen molar-refractivity contribution in [3.05, 3.63) is 35.9 Å². The minimum Gasteiger partial charge on any atom is -0.450 e. The van der Waals surface area contributed by atoms with Crippen molar-refractivity contribution >= 4 is 65.0 Å². The number of aliphatic hydroxyl groups is 2. The summed E-state index contributed by atoms with van der Waals surface area (Å²) < 4.78 is 5.91. The van der Waals surface area contributed by atoms with Gasteiger partial charge in [0, 0.05) is 48.8 Å². The number of nitrogens with one attached hydrogen (secondary N) is 5. The topological polar surface area (TPSA) is 317 Å². The number of esters is 1. The highest BCUT2D eigenvalue weighted by molar-refractivity contribution is 5.99. The summed E-state index contributed by atoms with van der Waals surface area (Å²) in [5.74, 6) is -11.7. The Balaban J connectivity index is 3.02. The Labute approximate surface area is 560 Å². The molecule has 25 heteroatoms. The third kappa shape index (κ3) is 24.8. The van der Waals surface area contributed by atoms with Gasteiger partial charge in [0.15, 0.2) is 6.10 Å². The Hall–Kier alpha value is -6.73. The number of hydrogen-bond donors (Lipinski definition) is 7. The number of cyclic esters (lactones) is 1. The quantitative estimate of drug-likeness (QED) is 0.0725. The first-order valence-electron chi connectivity index (χ1n) is 33.7. The number of benzene rings is 1. The van der Waals surface area contributed by atoms with Crippen LogP contribution >= 0.6 is 0 Å². The Kier molecular flexibility index (Phi) is 34.3. The van der Waals surface area contributed by atoms with E-state index in [0.29, 0.717) is 19.5 Å². The summed E-state index contributed by atoms with van der Waals surface area (Å²) in [5.41, 5.74) is 1.01. The van der Waals surface area contributed by atoms with E-state index in [1.54, 1.807) is 34.6 Å². The minimum atomic E-state index is -1.77. The Morgan fingerprint density at radius 1 is 0.489 bits per heavy atom. The summed E-state index contributed by atoms with van der Waals surface area (Å²) in [6.45, 7) is 29.6. The van der Waals surface area contributed by atoms with Gasteiger partial charge in [0.25, 0.3) is 5.91 Å². The van der Waals surface area contributed by atoms with Crippen LogP contribution in [0.15, 0.2) is 30.3 Å². The van der Waals surface area contributed by atoms with Crippen LogP contribution < -0.4 is 26.6 Å². The summed E-state index contributed by atoms with van der Waals surface area (Å²) in [4.78, 5) is 169. The molecule has 1 aliphatic rings. The van der Waals surface area contributed by atoms with Crippen molar-refractivity contribution in [2.75, 3.05) is 55.4 Å². The predicted octanol–water partition coefficient (Wildman–Crippen LogP) is 3.56. The average Bonchev–Trinajstić information content (AvgIpc) is 0.811. The van der Waals surface area contributed by atoms with Crippen LogP contribution in [-0.4, -0.2) is 233 Å². The molecule has 0 bridgehead atoms. The summed E-state index contributed by atoms with van der Waals surface area (Å²) in [6, 6.07) is -2.74. The number of likely N-dealkylation sites (N-methyl/N-ethyl adjacent to an activating group) is 6. The SMILES string of the molecule is CC(C)C[C@@H]1NC(=O)[C@H](CC(C)C)N(C)C(=O)CN(C)C(=O)[C@H](C(C)O)NC(=O)[C@H](C(O)[C@H](C)CCNCc2ccccc2)N(C)C(=O)[C@H](C(C)C)N(C)C(=O)[C@H](CC(C)C)NC(=O)[C@H](CC(C)C)N(C)C(=O)[C@H](C(C)C)OC(=O)[C@H](C)NC(=O)[C@@H](CC(C)C)N(C)C1=O. The molecule has 1 aromatic carbocycles. The summed E-state index contributed by atoms with van der Waals surface area (Å²) >= 11 is 0. The van der Waals surface area contributed by atoms with Crippen LogP contribution in [0.1, 0.15) is 162 Å². The van der Waals surface area contributed by atoms with E-state index in [1.807, 2.05) is 99.6 Å². The standard InChI is InChI=1S/C69H119N11O14/c1-38(2)31-49-64(88)77(20)52(34-41(7)8)60(84)71-46(16)69(93)94-59(44(13)14)68(92)78(21)53(35-42(9)10)62(86)73-50(32-39(3)4)65(89)79(22)56(43(11)12)67(91)80(23)57(58(83)45(15)29-30-70-36-48-27-25-24-26-28-48)63(87)74-55(47(17)81)66(90)75(18)37-54(82)76(19)51(33-40(5)6)61(85)72-49/h24-28,38-47,49-53,55-59,70,81,83H,29-37H2,1-23H3,(H,71,84)(H,72,85)(H,73,86)(H,74,87)/t45-,46+,47?,49+,50+,51+,52-,53+,55+,56+,57+,58?,59+/m1/s1. The molecule has 534 valence electrons. The van der Waals surface area contributed by atoms with Crippen molar-refractivity contribution in [3.63, 3.8) is 0 Å². The van der Waals surface area contributed by atoms with Crippen molar-refractivity contribution in [2.24, 2.45) is 47.3 Å². The van der Waals surface area contributed by atoms with E-state index in [-0.39, 0.29) is 61.7 Å². The molecule has 0 aliphatic carbocycles. The Morgan fingerprint density at radius 3 is 1.35 bits per heavy atom. The van der Waals surface area contributed by atoms with Gasteiger partial charge < -0.3 is 70.9 Å². The van der Waals surface area contributed by atoms with Gasteiger partial charge in [-0.05, 0) is 112 Å². The summed E-state index contributed by atoms with van der Waals surface area (Å²) in [7, 11) is 8.15. The summed E-state index contributed by atoms with van der Waals surface area (Å²) in [6.07, 6.45) is -3.92. The van der Waals surface area contributed by atoms with E-state index in [2.05, 4.69) is 26.6 Å². The molecule has 1 fully saturated rings. The molecular weight excluding hydrogens is 1210 g/mol. The van der Waals surface area contributed by atoms with Crippen molar-refractivity contribution in [1.82, 2.24) is 56.0 Å². The maximum absolute atomic E-state index is 15.3. The number of carbonyl (C=O) groups excluding carboxylic acids is 11. The molecule has 25 nitrogen and oxygen atoms in total. The number of nitrogens with zero attached hydrogens (tertiary/aromatic N) is 6. The van der Waals surface area contributed by atoms with Crippen LogP contribution in [0.4, 0.5) is 0 Å². The van der Waals surface area contributed by atoms with Gasteiger partial charge in [-0.15, -0.1) is 0 Å². The van der Waals surface area contributed by atoms with E-state index in [9.17, 15) is 48.6 Å². The molecule has 1 aromatic rings. The lowest BCUT2D eigenvalue weighted by molar-refractivity contribution is -0.166. The molecule has 1 saturated heterocycles. The van der Waals surface area contributed by atoms with Gasteiger partial charge in [-0.2, -0.15) is 0 Å². The second-order valence-electron chi connectivity index (χ2n) is 28.9. The van der Waals surface area contributed by atoms with Gasteiger partial charge >= 0.3 is 5.97 Å². The lowest BCUT2D eigenvalue weighted by Crippen LogP contribution is -2.64. The average molecular weight is 1330 g/mol. The fourth-order valence-corrected chi connectivity index (χ4v) is 11.7. The van der Waals surface area contributed by atoms with Crippen molar-refractivity contribution in [3.8, 4) is 0 Å². The number of ether oxygens (including phenoxy) is 1. The molecule has 0 saturated carbocycles. The third-order valence-corrected chi connectivity index (χ3v) is 17.3. The van der Waals surface area contributed by atoms with Gasteiger partial charge in [0.1, 0.15) is 54.4 Å². The second kappa shape index (κ2) is 38.7. The van der Waals surface area contributed by atoms with Gasteiger partial charge in [-0.25, -0.2) is 4.79 Å². The predicted molar refractivity (Wildman–Crippen MR) is 360 cm³/mol. The molecule has 0 aromatic heterocycles. The van der Waals surface area contributed by atoms with Gasteiger partial charge in [0.2, 0.25) is 53.2 Å². The number of rotatable bonds is 20. The molecule has 0 radical (unpaired) electrons. The first kappa shape index (κ1) is 83.4. The zero-order valence-corrected chi connectivity index (χ0v) is 60.8. The van der Waals surface area contributed by atoms with Crippen molar-refractivity contribution in [1.29, 1.82) is 0 Å². The first-order valence-corrected chi connectivity index (χ1v) is 33.7. The van der Waals surface area contributed by atoms with Gasteiger partial charge in [-0.1, -0.05) is 134 Å².